The molecular weight excluding hydrogens is 414 g/mol. The minimum Gasteiger partial charge on any atom is -0.497 e. The van der Waals surface area contributed by atoms with Gasteiger partial charge in [-0.15, -0.1) is 11.8 Å². The van der Waals surface area contributed by atoms with E-state index < -0.39 is 17.7 Å². The maximum atomic E-state index is 13.6. The number of nitrogens with one attached hydrogen (secondary N) is 1. The number of amides is 1. The van der Waals surface area contributed by atoms with Gasteiger partial charge in [-0.25, -0.2) is 4.79 Å². The van der Waals surface area contributed by atoms with E-state index in [-0.39, 0.29) is 11.2 Å². The number of hydrogen-bond acceptors (Lipinski definition) is 6. The van der Waals surface area contributed by atoms with Crippen LogP contribution >= 0.6 is 11.8 Å². The van der Waals surface area contributed by atoms with E-state index in [2.05, 4.69) is 9.97 Å². The molecule has 0 aliphatic carbocycles. The van der Waals surface area contributed by atoms with Gasteiger partial charge in [-0.05, 0) is 39.0 Å². The van der Waals surface area contributed by atoms with Crippen molar-refractivity contribution in [2.24, 2.45) is 0 Å². The summed E-state index contributed by atoms with van der Waals surface area (Å²) in [4.78, 5) is 35.6. The summed E-state index contributed by atoms with van der Waals surface area (Å²) in [5.41, 5.74) is 1.54. The Kier molecular flexibility index (Phi) is 5.66. The molecule has 1 aromatic carbocycles. The van der Waals surface area contributed by atoms with Gasteiger partial charge in [-0.2, -0.15) is 0 Å². The van der Waals surface area contributed by atoms with Gasteiger partial charge in [-0.1, -0.05) is 6.07 Å². The first kappa shape index (κ1) is 21.2. The van der Waals surface area contributed by atoms with Crippen LogP contribution in [0, 0.1) is 0 Å². The van der Waals surface area contributed by atoms with Gasteiger partial charge in [0.1, 0.15) is 22.8 Å². The highest BCUT2D eigenvalue weighted by atomic mass is 32.2. The maximum Gasteiger partial charge on any atom is 0.412 e. The second-order valence-electron chi connectivity index (χ2n) is 8.35. The summed E-state index contributed by atoms with van der Waals surface area (Å²) in [5.74, 6) is 1.05. The Bertz CT molecular complexity index is 1110. The van der Waals surface area contributed by atoms with Gasteiger partial charge in [0.15, 0.2) is 5.78 Å². The molecule has 1 amide bonds. The van der Waals surface area contributed by atoms with Gasteiger partial charge in [0.2, 0.25) is 0 Å². The molecule has 4 rings (SSSR count). The van der Waals surface area contributed by atoms with Crippen molar-refractivity contribution in [3.8, 4) is 5.75 Å². The van der Waals surface area contributed by atoms with Crippen LogP contribution in [0.1, 0.15) is 42.1 Å². The number of H-pyrrole nitrogens is 1. The quantitative estimate of drug-likeness (QED) is 0.588. The van der Waals surface area contributed by atoms with Crippen molar-refractivity contribution >= 4 is 34.5 Å². The summed E-state index contributed by atoms with van der Waals surface area (Å²) in [5, 5.41) is 0.451. The van der Waals surface area contributed by atoms with Gasteiger partial charge in [-0.3, -0.25) is 14.7 Å². The highest BCUT2D eigenvalue weighted by Crippen LogP contribution is 2.43. The fourth-order valence-electron chi connectivity index (χ4n) is 3.64. The molecule has 0 bridgehead atoms. The summed E-state index contributed by atoms with van der Waals surface area (Å²) in [6.45, 7) is 5.45. The number of benzene rings is 1. The zero-order chi connectivity index (χ0) is 22.2. The number of carbonyl (C=O) groups excluding carboxylic acids is 2. The molecule has 7 nitrogen and oxygen atoms in total. The monoisotopic (exact) mass is 439 g/mol. The van der Waals surface area contributed by atoms with E-state index in [9.17, 15) is 9.59 Å². The molecule has 1 N–H and O–H groups in total. The first-order chi connectivity index (χ1) is 14.8. The van der Waals surface area contributed by atoms with Crippen molar-refractivity contribution in [1.29, 1.82) is 0 Å². The van der Waals surface area contributed by atoms with Gasteiger partial charge in [0.05, 0.1) is 7.11 Å². The number of carbonyl (C=O) groups is 2. The Morgan fingerprint density at radius 2 is 2.06 bits per heavy atom. The summed E-state index contributed by atoms with van der Waals surface area (Å²) in [7, 11) is 1.60. The van der Waals surface area contributed by atoms with Crippen LogP contribution in [0.2, 0.25) is 0 Å². The van der Waals surface area contributed by atoms with Crippen molar-refractivity contribution in [2.45, 2.75) is 37.8 Å². The van der Waals surface area contributed by atoms with E-state index in [4.69, 9.17) is 9.47 Å². The molecule has 3 heterocycles. The maximum absolute atomic E-state index is 13.6. The summed E-state index contributed by atoms with van der Waals surface area (Å²) in [6, 6.07) is 8.61. The third kappa shape index (κ3) is 4.25. The molecule has 0 spiro atoms. The standard InChI is InChI=1S/C23H25N3O4S/c1-23(2,3)30-22(28)26-19(13-31-21(26)14-6-5-9-24-11-14)20(27)17-12-25-18-10-15(29-4)7-8-16(17)18/h5-12,19,21,25H,13H2,1-4H3/t19-,21?/m0/s1. The number of thioether (sulfide) groups is 1. The molecule has 1 aliphatic rings. The average Bonchev–Trinajstić information content (AvgIpc) is 3.37. The highest BCUT2D eigenvalue weighted by molar-refractivity contribution is 7.99. The SMILES string of the molecule is COc1ccc2c(C(=O)[C@@H]3CSC(c4cccnc4)N3C(=O)OC(C)(C)C)c[nH]c2c1. The molecule has 31 heavy (non-hydrogen) atoms. The molecule has 2 aromatic heterocycles. The number of ether oxygens (including phenoxy) is 2. The minimum atomic E-state index is -0.672. The van der Waals surface area contributed by atoms with Crippen LogP contribution in [0.3, 0.4) is 0 Å². The normalized spacial score (nSPS) is 18.9. The Labute approximate surface area is 185 Å². The first-order valence-electron chi connectivity index (χ1n) is 10.0. The number of fused-ring (bicyclic) bond motifs is 1. The molecular formula is C23H25N3O4S. The number of ketones is 1. The van der Waals surface area contributed by atoms with E-state index in [1.165, 1.54) is 11.8 Å². The third-order valence-electron chi connectivity index (χ3n) is 5.03. The van der Waals surface area contributed by atoms with E-state index in [1.54, 1.807) is 30.6 Å². The van der Waals surface area contributed by atoms with Gasteiger partial charge < -0.3 is 14.5 Å². The topological polar surface area (TPSA) is 84.5 Å². The average molecular weight is 440 g/mol. The Morgan fingerprint density at radius 3 is 2.74 bits per heavy atom. The fraction of sp³-hybridized carbons (Fsp3) is 0.348. The first-order valence-corrected chi connectivity index (χ1v) is 11.1. The van der Waals surface area contributed by atoms with Gasteiger partial charge in [0.25, 0.3) is 0 Å². The number of aromatic nitrogens is 2. The lowest BCUT2D eigenvalue weighted by Gasteiger charge is -2.31. The van der Waals surface area contributed by atoms with Gasteiger partial charge >= 0.3 is 6.09 Å². The van der Waals surface area contributed by atoms with Crippen molar-refractivity contribution < 1.29 is 19.1 Å². The molecule has 1 saturated heterocycles. The van der Waals surface area contributed by atoms with Crippen LogP contribution in [0.25, 0.3) is 10.9 Å². The van der Waals surface area contributed by atoms with E-state index in [0.717, 1.165) is 16.5 Å². The highest BCUT2D eigenvalue weighted by Gasteiger charge is 2.44. The van der Waals surface area contributed by atoms with Crippen molar-refractivity contribution in [1.82, 2.24) is 14.9 Å². The lowest BCUT2D eigenvalue weighted by molar-refractivity contribution is 0.0173. The van der Waals surface area contributed by atoms with Gasteiger partial charge in [0, 0.05) is 52.4 Å². The zero-order valence-corrected chi connectivity index (χ0v) is 18.7. The number of pyridine rings is 1. The van der Waals surface area contributed by atoms with Crippen LogP contribution in [0.15, 0.2) is 48.9 Å². The summed E-state index contributed by atoms with van der Waals surface area (Å²) < 4.78 is 10.9. The van der Waals surface area contributed by atoms with Crippen molar-refractivity contribution in [3.63, 3.8) is 0 Å². The summed E-state index contributed by atoms with van der Waals surface area (Å²) >= 11 is 1.54. The molecule has 0 radical (unpaired) electrons. The largest absolute Gasteiger partial charge is 0.497 e. The Hall–Kier alpha value is -3.00. The van der Waals surface area contributed by atoms with Crippen LogP contribution < -0.4 is 4.74 Å². The smallest absolute Gasteiger partial charge is 0.412 e. The minimum absolute atomic E-state index is 0.124. The van der Waals surface area contributed by atoms with E-state index in [0.29, 0.717) is 17.1 Å². The second kappa shape index (κ2) is 8.26. The second-order valence-corrected chi connectivity index (χ2v) is 9.47. The lowest BCUT2D eigenvalue weighted by Crippen LogP contribution is -2.45. The number of rotatable bonds is 4. The van der Waals surface area contributed by atoms with Crippen LogP contribution in [-0.4, -0.2) is 51.2 Å². The third-order valence-corrected chi connectivity index (χ3v) is 6.35. The molecule has 0 saturated carbocycles. The number of aromatic amines is 1. The molecule has 3 aromatic rings. The number of methoxy groups -OCH3 is 1. The molecule has 8 heteroatoms. The van der Waals surface area contributed by atoms with Crippen LogP contribution in [-0.2, 0) is 4.74 Å². The number of Topliss-reactive ketones (excluding diaryl/α,β-unsaturated/α-hetero) is 1. The van der Waals surface area contributed by atoms with Crippen LogP contribution in [0.4, 0.5) is 4.79 Å². The number of nitrogens with zero attached hydrogens (tertiary/aromatic N) is 2. The predicted molar refractivity (Wildman–Crippen MR) is 120 cm³/mol. The summed E-state index contributed by atoms with van der Waals surface area (Å²) in [6.07, 6.45) is 4.59. The molecule has 1 aliphatic heterocycles. The molecule has 2 atom stereocenters. The van der Waals surface area contributed by atoms with Crippen molar-refractivity contribution in [2.75, 3.05) is 12.9 Å². The van der Waals surface area contributed by atoms with Crippen LogP contribution in [0.5, 0.6) is 5.75 Å². The Balaban J connectivity index is 1.70. The molecule has 1 unspecified atom stereocenters. The fourth-order valence-corrected chi connectivity index (χ4v) is 5.04. The van der Waals surface area contributed by atoms with E-state index in [1.807, 2.05) is 51.1 Å². The molecule has 162 valence electrons. The van der Waals surface area contributed by atoms with E-state index >= 15 is 0 Å². The lowest BCUT2D eigenvalue weighted by atomic mass is 10.0. The number of hydrogen-bond donors (Lipinski definition) is 1. The van der Waals surface area contributed by atoms with Crippen molar-refractivity contribution in [3.05, 3.63) is 60.0 Å². The predicted octanol–water partition coefficient (Wildman–Crippen LogP) is 4.81. The Morgan fingerprint density at radius 1 is 1.26 bits per heavy atom. The molecule has 1 fully saturated rings. The zero-order valence-electron chi connectivity index (χ0n) is 17.9.